The van der Waals surface area contributed by atoms with Gasteiger partial charge in [0.2, 0.25) is 0 Å². The predicted molar refractivity (Wildman–Crippen MR) is 171 cm³/mol. The summed E-state index contributed by atoms with van der Waals surface area (Å²) in [5.41, 5.74) is 9.72. The smallest absolute Gasteiger partial charge is 0.281 e. The number of hydrogen-bond donors (Lipinski definition) is 2. The SMILES string of the molecule is Cc1c(-c2cc(C(=O)NS(=O)(=O)c3cccc(N)n3)c3c(OC(C)c4ccccc4)ccc(C)c3n2)sc2ccccc12. The number of aryl methyl sites for hydroxylation is 2. The van der Waals surface area contributed by atoms with E-state index in [0.29, 0.717) is 22.3 Å². The summed E-state index contributed by atoms with van der Waals surface area (Å²) in [6, 6.07) is 27.3. The zero-order chi connectivity index (χ0) is 30.3. The number of carbonyl (C=O) groups is 1. The van der Waals surface area contributed by atoms with E-state index in [9.17, 15) is 13.2 Å². The number of hydrogen-bond acceptors (Lipinski definition) is 8. The van der Waals surface area contributed by atoms with E-state index in [1.807, 2.05) is 81.4 Å². The average molecular weight is 609 g/mol. The zero-order valence-electron chi connectivity index (χ0n) is 23.7. The second-order valence-electron chi connectivity index (χ2n) is 10.2. The van der Waals surface area contributed by atoms with Crippen LogP contribution in [0.2, 0.25) is 0 Å². The number of nitrogens with two attached hydrogens (primary N) is 1. The highest BCUT2D eigenvalue weighted by atomic mass is 32.2. The fourth-order valence-corrected chi connectivity index (χ4v) is 7.16. The van der Waals surface area contributed by atoms with E-state index in [-0.39, 0.29) is 22.5 Å². The van der Waals surface area contributed by atoms with Crippen molar-refractivity contribution in [3.05, 3.63) is 113 Å². The fourth-order valence-electron chi connectivity index (χ4n) is 5.05. The maximum Gasteiger partial charge on any atom is 0.281 e. The quantitative estimate of drug-likeness (QED) is 0.201. The predicted octanol–water partition coefficient (Wildman–Crippen LogP) is 6.97. The molecule has 1 amide bonds. The Bertz CT molecular complexity index is 2130. The van der Waals surface area contributed by atoms with Crippen LogP contribution in [0.15, 0.2) is 96.0 Å². The number of nitrogens with zero attached hydrogens (tertiary/aromatic N) is 2. The molecule has 0 bridgehead atoms. The molecule has 0 saturated heterocycles. The molecule has 10 heteroatoms. The van der Waals surface area contributed by atoms with Crippen LogP contribution in [0, 0.1) is 13.8 Å². The highest BCUT2D eigenvalue weighted by molar-refractivity contribution is 7.90. The molecule has 3 aromatic heterocycles. The maximum atomic E-state index is 14.0. The van der Waals surface area contributed by atoms with Gasteiger partial charge < -0.3 is 10.5 Å². The van der Waals surface area contributed by atoms with Gasteiger partial charge in [0.25, 0.3) is 15.9 Å². The minimum atomic E-state index is -4.34. The van der Waals surface area contributed by atoms with E-state index in [0.717, 1.165) is 31.7 Å². The molecule has 1 unspecified atom stereocenters. The lowest BCUT2D eigenvalue weighted by atomic mass is 10.0. The Balaban J connectivity index is 1.54. The number of ether oxygens (including phenoxy) is 1. The molecule has 0 spiro atoms. The number of thiophene rings is 1. The molecule has 8 nitrogen and oxygen atoms in total. The molecule has 0 fully saturated rings. The number of sulfonamides is 1. The summed E-state index contributed by atoms with van der Waals surface area (Å²) in [4.78, 5) is 23.8. The van der Waals surface area contributed by atoms with Crippen LogP contribution in [0.1, 0.15) is 40.1 Å². The van der Waals surface area contributed by atoms with Crippen molar-refractivity contribution < 1.29 is 17.9 Å². The van der Waals surface area contributed by atoms with Crippen LogP contribution in [0.4, 0.5) is 5.82 Å². The summed E-state index contributed by atoms with van der Waals surface area (Å²) in [7, 11) is -4.34. The van der Waals surface area contributed by atoms with Gasteiger partial charge in [0.15, 0.2) is 5.03 Å². The monoisotopic (exact) mass is 608 g/mol. The number of carbonyl (C=O) groups excluding carboxylic acids is 1. The van der Waals surface area contributed by atoms with Crippen molar-refractivity contribution >= 4 is 54.1 Å². The number of amides is 1. The van der Waals surface area contributed by atoms with Crippen molar-refractivity contribution in [3.63, 3.8) is 0 Å². The maximum absolute atomic E-state index is 14.0. The van der Waals surface area contributed by atoms with E-state index in [4.69, 9.17) is 15.5 Å². The normalized spacial score (nSPS) is 12.3. The van der Waals surface area contributed by atoms with Gasteiger partial charge in [-0.05, 0) is 73.2 Å². The van der Waals surface area contributed by atoms with Gasteiger partial charge in [-0.2, -0.15) is 8.42 Å². The van der Waals surface area contributed by atoms with Crippen molar-refractivity contribution in [1.29, 1.82) is 0 Å². The van der Waals surface area contributed by atoms with Gasteiger partial charge in [-0.15, -0.1) is 11.3 Å². The van der Waals surface area contributed by atoms with Crippen LogP contribution in [0.25, 0.3) is 31.6 Å². The van der Waals surface area contributed by atoms with E-state index in [2.05, 4.69) is 9.71 Å². The number of nitrogens with one attached hydrogen (secondary N) is 1. The molecule has 43 heavy (non-hydrogen) atoms. The van der Waals surface area contributed by atoms with Crippen LogP contribution < -0.4 is 15.2 Å². The van der Waals surface area contributed by atoms with Crippen molar-refractivity contribution in [2.45, 2.75) is 31.9 Å². The summed E-state index contributed by atoms with van der Waals surface area (Å²) < 4.78 is 36.2. The van der Waals surface area contributed by atoms with E-state index in [1.54, 1.807) is 23.5 Å². The molecule has 3 aromatic carbocycles. The van der Waals surface area contributed by atoms with Gasteiger partial charge in [0.1, 0.15) is 17.7 Å². The number of aromatic nitrogens is 2. The van der Waals surface area contributed by atoms with Gasteiger partial charge >= 0.3 is 0 Å². The van der Waals surface area contributed by atoms with Crippen LogP contribution in [0.3, 0.4) is 0 Å². The van der Waals surface area contributed by atoms with E-state index in [1.165, 1.54) is 18.2 Å². The molecule has 1 atom stereocenters. The molecule has 6 rings (SSSR count). The highest BCUT2D eigenvalue weighted by Gasteiger charge is 2.26. The number of pyridine rings is 2. The summed E-state index contributed by atoms with van der Waals surface area (Å²) in [5.74, 6) is -0.401. The molecule has 3 heterocycles. The van der Waals surface area contributed by atoms with Crippen LogP contribution in [-0.2, 0) is 10.0 Å². The first kappa shape index (κ1) is 28.3. The summed E-state index contributed by atoms with van der Waals surface area (Å²) in [6.45, 7) is 5.83. The number of rotatable bonds is 7. The van der Waals surface area contributed by atoms with Gasteiger partial charge in [0, 0.05) is 4.70 Å². The third-order valence-electron chi connectivity index (χ3n) is 7.27. The Kier molecular flexibility index (Phi) is 7.33. The molecule has 6 aromatic rings. The van der Waals surface area contributed by atoms with Gasteiger partial charge in [0.05, 0.1) is 27.0 Å². The highest BCUT2D eigenvalue weighted by Crippen LogP contribution is 2.41. The summed E-state index contributed by atoms with van der Waals surface area (Å²) >= 11 is 1.57. The molecule has 0 radical (unpaired) electrons. The second-order valence-corrected chi connectivity index (χ2v) is 12.9. The zero-order valence-corrected chi connectivity index (χ0v) is 25.3. The van der Waals surface area contributed by atoms with Crippen molar-refractivity contribution in [2.75, 3.05) is 5.73 Å². The topological polar surface area (TPSA) is 124 Å². The molecule has 0 aliphatic heterocycles. The largest absolute Gasteiger partial charge is 0.485 e. The summed E-state index contributed by atoms with van der Waals surface area (Å²) in [6.07, 6.45) is -0.354. The Labute approximate surface area is 253 Å². The molecule has 0 saturated carbocycles. The standard InChI is InChI=1S/C33H28N4O4S2/c1-19-16-17-26(41-21(3)22-10-5-4-6-11-22)30-24(33(38)37-43(39,40)29-15-9-14-28(34)36-29)18-25(35-31(19)30)32-20(2)23-12-7-8-13-27(23)42-32/h4-18,21H,1-3H3,(H2,34,36)(H,37,38). The first-order valence-corrected chi connectivity index (χ1v) is 15.9. The molecular weight excluding hydrogens is 581 g/mol. The van der Waals surface area contributed by atoms with Gasteiger partial charge in [-0.3, -0.25) is 4.79 Å². The third kappa shape index (κ3) is 5.42. The number of fused-ring (bicyclic) bond motifs is 2. The van der Waals surface area contributed by atoms with Crippen LogP contribution >= 0.6 is 11.3 Å². The lowest BCUT2D eigenvalue weighted by Crippen LogP contribution is -2.31. The first-order valence-electron chi connectivity index (χ1n) is 13.6. The number of anilines is 1. The molecular formula is C33H28N4O4S2. The first-order chi connectivity index (χ1) is 20.6. The third-order valence-corrected chi connectivity index (χ3v) is 9.79. The molecule has 0 aliphatic rings. The van der Waals surface area contributed by atoms with Crippen molar-refractivity contribution in [1.82, 2.24) is 14.7 Å². The van der Waals surface area contributed by atoms with Crippen molar-refractivity contribution in [2.24, 2.45) is 0 Å². The van der Waals surface area contributed by atoms with Crippen LogP contribution in [0.5, 0.6) is 5.75 Å². The van der Waals surface area contributed by atoms with E-state index < -0.39 is 15.9 Å². The lowest BCUT2D eigenvalue weighted by Gasteiger charge is -2.19. The van der Waals surface area contributed by atoms with Crippen LogP contribution in [-0.4, -0.2) is 24.3 Å². The minimum Gasteiger partial charge on any atom is -0.485 e. The Morgan fingerprint density at radius 2 is 1.67 bits per heavy atom. The summed E-state index contributed by atoms with van der Waals surface area (Å²) in [5, 5.41) is 1.15. The average Bonchev–Trinajstić information content (AvgIpc) is 3.34. The number of benzene rings is 3. The Morgan fingerprint density at radius 3 is 2.42 bits per heavy atom. The van der Waals surface area contributed by atoms with Crippen molar-refractivity contribution in [3.8, 4) is 16.3 Å². The fraction of sp³-hybridized carbons (Fsp3) is 0.121. The minimum absolute atomic E-state index is 0.0217. The van der Waals surface area contributed by atoms with Gasteiger partial charge in [-0.25, -0.2) is 14.7 Å². The number of nitrogen functional groups attached to an aromatic ring is 1. The molecule has 0 aliphatic carbocycles. The van der Waals surface area contributed by atoms with Gasteiger partial charge in [-0.1, -0.05) is 60.7 Å². The van der Waals surface area contributed by atoms with E-state index >= 15 is 0 Å². The Morgan fingerprint density at radius 1 is 0.930 bits per heavy atom. The Hall–Kier alpha value is -4.80. The second kappa shape index (κ2) is 11.1. The lowest BCUT2D eigenvalue weighted by molar-refractivity contribution is 0.0982. The molecule has 216 valence electrons. The molecule has 3 N–H and O–H groups in total.